The Kier molecular flexibility index (Phi) is 6.84. The topological polar surface area (TPSA) is 30.7 Å². The van der Waals surface area contributed by atoms with Gasteiger partial charge in [0.2, 0.25) is 0 Å². The molecule has 2 aromatic heterocycles. The maximum Gasteiger partial charge on any atom is 0.160 e. The third kappa shape index (κ3) is 4.62. The third-order valence-electron chi connectivity index (χ3n) is 3.60. The molecule has 0 saturated heterocycles. The van der Waals surface area contributed by atoms with Gasteiger partial charge in [-0.1, -0.05) is 12.8 Å². The van der Waals surface area contributed by atoms with Gasteiger partial charge in [-0.05, 0) is 43.4 Å². The molecular formula is C16H24ClN3S. The number of pyridine rings is 1. The van der Waals surface area contributed by atoms with Crippen molar-refractivity contribution >= 4 is 34.5 Å². The Bertz CT molecular complexity index is 568. The first kappa shape index (κ1) is 16.6. The van der Waals surface area contributed by atoms with E-state index >= 15 is 0 Å². The Hall–Kier alpha value is -0.740. The Labute approximate surface area is 136 Å². The Balaban J connectivity index is 2.04. The van der Waals surface area contributed by atoms with Gasteiger partial charge >= 0.3 is 0 Å². The monoisotopic (exact) mass is 325 g/mol. The van der Waals surface area contributed by atoms with Gasteiger partial charge in [0.1, 0.15) is 11.3 Å². The molecule has 0 aliphatic carbocycles. The van der Waals surface area contributed by atoms with Gasteiger partial charge in [-0.3, -0.25) is 0 Å². The number of aromatic nitrogens is 3. The van der Waals surface area contributed by atoms with Crippen molar-refractivity contribution in [2.75, 3.05) is 17.9 Å². The lowest BCUT2D eigenvalue weighted by molar-refractivity contribution is 0.575. The van der Waals surface area contributed by atoms with Crippen LogP contribution in [0.3, 0.4) is 0 Å². The van der Waals surface area contributed by atoms with Gasteiger partial charge in [0.25, 0.3) is 0 Å². The summed E-state index contributed by atoms with van der Waals surface area (Å²) in [6.45, 7) is 3.05. The van der Waals surface area contributed by atoms with Crippen LogP contribution in [-0.4, -0.2) is 32.4 Å². The van der Waals surface area contributed by atoms with Crippen LogP contribution in [0.5, 0.6) is 0 Å². The van der Waals surface area contributed by atoms with Crippen LogP contribution in [0.2, 0.25) is 0 Å². The highest BCUT2D eigenvalue weighted by molar-refractivity contribution is 7.98. The van der Waals surface area contributed by atoms with Crippen LogP contribution >= 0.6 is 23.4 Å². The largest absolute Gasteiger partial charge is 0.313 e. The van der Waals surface area contributed by atoms with Crippen molar-refractivity contribution in [1.82, 2.24) is 14.5 Å². The summed E-state index contributed by atoms with van der Waals surface area (Å²) in [5, 5.41) is 0. The molecule has 0 atom stereocenters. The van der Waals surface area contributed by atoms with E-state index in [1.165, 1.54) is 31.4 Å². The lowest BCUT2D eigenvalue weighted by Gasteiger charge is -2.08. The number of unbranched alkanes of at least 4 members (excludes halogenated alkanes) is 3. The van der Waals surface area contributed by atoms with Gasteiger partial charge in [-0.15, -0.1) is 11.6 Å². The Morgan fingerprint density at radius 1 is 1.24 bits per heavy atom. The number of alkyl halides is 1. The summed E-state index contributed by atoms with van der Waals surface area (Å²) in [5.41, 5.74) is 3.16. The molecule has 0 amide bonds. The fraction of sp³-hybridized carbons (Fsp3) is 0.625. The fourth-order valence-corrected chi connectivity index (χ4v) is 3.20. The zero-order valence-electron chi connectivity index (χ0n) is 12.9. The van der Waals surface area contributed by atoms with Gasteiger partial charge in [0, 0.05) is 25.0 Å². The van der Waals surface area contributed by atoms with Crippen LogP contribution in [0.25, 0.3) is 11.2 Å². The molecule has 0 aliphatic rings. The number of nitrogens with zero attached hydrogens (tertiary/aromatic N) is 3. The molecular weight excluding hydrogens is 302 g/mol. The lowest BCUT2D eigenvalue weighted by Crippen LogP contribution is -2.05. The molecule has 2 heterocycles. The molecule has 0 saturated carbocycles. The quantitative estimate of drug-likeness (QED) is 0.504. The first-order chi connectivity index (χ1) is 10.3. The van der Waals surface area contributed by atoms with Crippen molar-refractivity contribution in [2.45, 2.75) is 45.6 Å². The van der Waals surface area contributed by atoms with Crippen LogP contribution in [0.4, 0.5) is 0 Å². The summed E-state index contributed by atoms with van der Waals surface area (Å²) in [6, 6.07) is 2.11. The molecule has 0 aromatic carbocycles. The maximum atomic E-state index is 5.91. The molecule has 0 aliphatic heterocycles. The van der Waals surface area contributed by atoms with Crippen molar-refractivity contribution in [1.29, 1.82) is 0 Å². The van der Waals surface area contributed by atoms with Crippen LogP contribution in [-0.2, 0) is 13.0 Å². The molecule has 0 spiro atoms. The average molecular weight is 326 g/mol. The van der Waals surface area contributed by atoms with Gasteiger partial charge in [0.05, 0.1) is 0 Å². The number of hydrogen-bond donors (Lipinski definition) is 0. The number of hydrogen-bond acceptors (Lipinski definition) is 3. The molecule has 2 aromatic rings. The molecule has 0 unspecified atom stereocenters. The van der Waals surface area contributed by atoms with E-state index in [-0.39, 0.29) is 0 Å². The zero-order valence-corrected chi connectivity index (χ0v) is 14.5. The predicted molar refractivity (Wildman–Crippen MR) is 93.5 cm³/mol. The van der Waals surface area contributed by atoms with E-state index in [9.17, 15) is 0 Å². The standard InChI is InChI=1S/C16H24ClN3S/c1-13-11-14-16(18-12-13)20(15(19-14)7-8-17)9-5-3-4-6-10-21-2/h11-12H,3-10H2,1-2H3. The highest BCUT2D eigenvalue weighted by atomic mass is 35.5. The summed E-state index contributed by atoms with van der Waals surface area (Å²) in [6.07, 6.45) is 9.98. The van der Waals surface area contributed by atoms with Crippen LogP contribution in [0.15, 0.2) is 12.3 Å². The second-order valence-corrected chi connectivity index (χ2v) is 6.74. The van der Waals surface area contributed by atoms with E-state index in [0.717, 1.165) is 35.5 Å². The summed E-state index contributed by atoms with van der Waals surface area (Å²) in [5.74, 6) is 2.95. The van der Waals surface area contributed by atoms with E-state index in [4.69, 9.17) is 16.6 Å². The molecule has 5 heteroatoms. The highest BCUT2D eigenvalue weighted by Crippen LogP contribution is 2.17. The molecule has 116 valence electrons. The first-order valence-corrected chi connectivity index (χ1v) is 9.55. The van der Waals surface area contributed by atoms with Crippen LogP contribution in [0.1, 0.15) is 37.1 Å². The Morgan fingerprint density at radius 2 is 2.05 bits per heavy atom. The highest BCUT2D eigenvalue weighted by Gasteiger charge is 2.11. The minimum absolute atomic E-state index is 0.607. The summed E-state index contributed by atoms with van der Waals surface area (Å²) >= 11 is 7.84. The van der Waals surface area contributed by atoms with E-state index in [2.05, 4.69) is 28.8 Å². The number of fused-ring (bicyclic) bond motifs is 1. The fourth-order valence-electron chi connectivity index (χ4n) is 2.54. The van der Waals surface area contributed by atoms with Gasteiger partial charge in [-0.25, -0.2) is 9.97 Å². The number of halogens is 1. The first-order valence-electron chi connectivity index (χ1n) is 7.63. The van der Waals surface area contributed by atoms with Crippen LogP contribution < -0.4 is 0 Å². The maximum absolute atomic E-state index is 5.91. The van der Waals surface area contributed by atoms with Gasteiger partial charge in [-0.2, -0.15) is 11.8 Å². The normalized spacial score (nSPS) is 11.4. The minimum Gasteiger partial charge on any atom is -0.313 e. The minimum atomic E-state index is 0.607. The van der Waals surface area contributed by atoms with E-state index < -0.39 is 0 Å². The van der Waals surface area contributed by atoms with E-state index in [1.54, 1.807) is 0 Å². The second kappa shape index (κ2) is 8.64. The SMILES string of the molecule is CSCCCCCCn1c(CCCl)nc2cc(C)cnc21. The number of aryl methyl sites for hydroxylation is 3. The average Bonchev–Trinajstić information content (AvgIpc) is 2.80. The van der Waals surface area contributed by atoms with Crippen molar-refractivity contribution in [3.63, 3.8) is 0 Å². The molecule has 3 nitrogen and oxygen atoms in total. The van der Waals surface area contributed by atoms with Crippen molar-refractivity contribution in [3.05, 3.63) is 23.7 Å². The number of thioether (sulfide) groups is 1. The van der Waals surface area contributed by atoms with Crippen molar-refractivity contribution in [3.8, 4) is 0 Å². The van der Waals surface area contributed by atoms with Gasteiger partial charge in [0.15, 0.2) is 5.65 Å². The zero-order chi connectivity index (χ0) is 15.1. The molecule has 2 rings (SSSR count). The molecule has 0 bridgehead atoms. The van der Waals surface area contributed by atoms with Crippen LogP contribution in [0, 0.1) is 6.92 Å². The summed E-state index contributed by atoms with van der Waals surface area (Å²) in [7, 11) is 0. The molecule has 0 fully saturated rings. The number of imidazole rings is 1. The smallest absolute Gasteiger partial charge is 0.160 e. The molecule has 0 radical (unpaired) electrons. The summed E-state index contributed by atoms with van der Waals surface area (Å²) < 4.78 is 2.26. The van der Waals surface area contributed by atoms with E-state index in [1.807, 2.05) is 18.0 Å². The van der Waals surface area contributed by atoms with Crippen molar-refractivity contribution < 1.29 is 0 Å². The predicted octanol–water partition coefficient (Wildman–Crippen LogP) is 4.44. The lowest BCUT2D eigenvalue weighted by atomic mass is 10.2. The number of rotatable bonds is 9. The van der Waals surface area contributed by atoms with E-state index in [0.29, 0.717) is 5.88 Å². The van der Waals surface area contributed by atoms with Gasteiger partial charge < -0.3 is 4.57 Å². The Morgan fingerprint density at radius 3 is 2.81 bits per heavy atom. The summed E-state index contributed by atoms with van der Waals surface area (Å²) in [4.78, 5) is 9.27. The third-order valence-corrected chi connectivity index (χ3v) is 4.48. The molecule has 21 heavy (non-hydrogen) atoms. The van der Waals surface area contributed by atoms with Crippen molar-refractivity contribution in [2.24, 2.45) is 0 Å². The second-order valence-electron chi connectivity index (χ2n) is 5.38. The molecule has 0 N–H and O–H groups in total.